The van der Waals surface area contributed by atoms with Gasteiger partial charge >= 0.3 is 0 Å². The Bertz CT molecular complexity index is 671. The van der Waals surface area contributed by atoms with Crippen molar-refractivity contribution in [1.29, 1.82) is 0 Å². The van der Waals surface area contributed by atoms with Crippen LogP contribution >= 0.6 is 0 Å². The van der Waals surface area contributed by atoms with Crippen molar-refractivity contribution in [1.82, 2.24) is 0 Å². The van der Waals surface area contributed by atoms with Gasteiger partial charge < -0.3 is 79.9 Å². The van der Waals surface area contributed by atoms with Crippen LogP contribution in [0, 0.1) is 485 Å². The van der Waals surface area contributed by atoms with E-state index < -0.39 is 112 Å². The molecule has 3 fully saturated rings. The Labute approximate surface area is 655 Å². The third-order valence-electron chi connectivity index (χ3n) is 6.09. The Kier molecular flexibility index (Phi) is 77.1. The molecule has 233 valence electrons. The van der Waals surface area contributed by atoms with Gasteiger partial charge in [0.15, 0.2) is 18.9 Å². The number of rotatable bonds is 7. The van der Waals surface area contributed by atoms with Crippen LogP contribution in [0.25, 0.3) is 0 Å². The predicted octanol–water partition coefficient (Wildman–Crippen LogP) is -7.57. The summed E-state index contributed by atoms with van der Waals surface area (Å²) in [7, 11) is 0. The summed E-state index contributed by atoms with van der Waals surface area (Å²) in [6.07, 6.45) is -25.1. The molecule has 11 radical (unpaired) electrons. The first-order chi connectivity index (χ1) is 16.0. The first-order valence-electron chi connectivity index (χ1n) is 10.6. The van der Waals surface area contributed by atoms with E-state index in [9.17, 15) is 56.2 Å². The molecule has 0 aromatic heterocycles. The van der Waals surface area contributed by atoms with Crippen LogP contribution in [-0.4, -0.2) is 168 Å². The number of hydrogen-bond donors (Lipinski definition) is 11. The molecule has 3 rings (SSSR count). The standard InChI is InChI=1S/C18H32O16.11Ac/c19-1-4-7(22)8(23)12(27)17(31-4)34-15-6(3-21)32-18(13(28)10(15)25)33-14-5(2-20)30-16(29)11(26)9(14)24;;;;;;;;;;;/h4-29H,1-3H2;;;;;;;;;;;/t4?,5?,6?,7-,8-,9+,10+,11?,12?,13?,14-,15-,16+,17-,18-;;;;;;;;;;;/m0.........../s1. The van der Waals surface area contributed by atoms with Crippen LogP contribution in [0.3, 0.4) is 0 Å². The molecule has 3 aliphatic heterocycles. The van der Waals surface area contributed by atoms with E-state index in [-0.39, 0.29) is 485 Å². The van der Waals surface area contributed by atoms with Gasteiger partial charge in [0.1, 0.15) is 73.2 Å². The van der Waals surface area contributed by atoms with Crippen LogP contribution in [-0.2, 0) is 23.7 Å². The molecule has 0 bridgehead atoms. The SMILES string of the molecule is OCC1O[C@@H](O[C@H]2C(CO)O[C@@H](O[C@H]3C(CO)O[C@@H](O)C(O)[C@H]3O)C(O)[C@H]2O)C(O)[C@@H](O)[C@H]1O.[Ac].[Ac].[Ac].[Ac].[Ac].[Ac].[Ac].[Ac].[Ac].[Ac].[Ac]. The molecular weight excluding hydrogens is 2970 g/mol. The summed E-state index contributed by atoms with van der Waals surface area (Å²) in [6.45, 7) is -2.32. The fourth-order valence-electron chi connectivity index (χ4n) is 4.06. The normalized spacial score (nSPS) is 39.7. The maximum Gasteiger partial charge on any atom is 0.187 e. The second-order valence-corrected chi connectivity index (χ2v) is 8.33. The molecule has 0 amide bonds. The van der Waals surface area contributed by atoms with Gasteiger partial charge in [-0.05, 0) is 0 Å². The summed E-state index contributed by atoms with van der Waals surface area (Å²) in [6, 6.07) is 0. The zero-order valence-corrected chi connectivity index (χ0v) is 76.3. The third-order valence-corrected chi connectivity index (χ3v) is 6.09. The van der Waals surface area contributed by atoms with Gasteiger partial charge in [-0.15, -0.1) is 0 Å². The predicted molar refractivity (Wildman–Crippen MR) is 101 cm³/mol. The smallest absolute Gasteiger partial charge is 0.187 e. The molecule has 27 heteroatoms. The van der Waals surface area contributed by atoms with Crippen LogP contribution < -0.4 is 0 Å². The Morgan fingerprint density at radius 3 is 1.04 bits per heavy atom. The van der Waals surface area contributed by atoms with Crippen molar-refractivity contribution in [3.05, 3.63) is 0 Å². The number of ether oxygens (including phenoxy) is 5. The van der Waals surface area contributed by atoms with E-state index in [2.05, 4.69) is 0 Å². The zero-order valence-electron chi connectivity index (χ0n) is 24.1. The molecule has 0 saturated carbocycles. The molecule has 0 aromatic rings. The molecule has 16 nitrogen and oxygen atoms in total. The average Bonchev–Trinajstić information content (AvgIpc) is 2.83. The second-order valence-electron chi connectivity index (χ2n) is 8.33. The maximum atomic E-state index is 10.6. The number of aliphatic hydroxyl groups is 11. The van der Waals surface area contributed by atoms with Crippen molar-refractivity contribution in [2.45, 2.75) is 92.1 Å². The number of hydrogen-bond acceptors (Lipinski definition) is 16. The van der Waals surface area contributed by atoms with E-state index >= 15 is 0 Å². The van der Waals surface area contributed by atoms with E-state index in [1.165, 1.54) is 0 Å². The van der Waals surface area contributed by atoms with Crippen LogP contribution in [0.1, 0.15) is 0 Å². The molecule has 3 aliphatic rings. The molecule has 0 aliphatic carbocycles. The molecule has 6 unspecified atom stereocenters. The third kappa shape index (κ3) is 24.4. The first kappa shape index (κ1) is 80.5. The second kappa shape index (κ2) is 43.1. The Hall–Kier alpha value is 15.2. The molecule has 15 atom stereocenters. The summed E-state index contributed by atoms with van der Waals surface area (Å²) in [5.41, 5.74) is 0. The van der Waals surface area contributed by atoms with E-state index in [0.29, 0.717) is 0 Å². The van der Waals surface area contributed by atoms with Gasteiger partial charge in [-0.1, -0.05) is 0 Å². The van der Waals surface area contributed by atoms with Crippen molar-refractivity contribution in [2.24, 2.45) is 0 Å². The van der Waals surface area contributed by atoms with Crippen LogP contribution in [0.5, 0.6) is 0 Å². The maximum absolute atomic E-state index is 10.6. The van der Waals surface area contributed by atoms with Crippen molar-refractivity contribution in [2.75, 3.05) is 19.8 Å². The van der Waals surface area contributed by atoms with Crippen LogP contribution in [0.2, 0.25) is 0 Å². The largest absolute Gasteiger partial charge is 0.394 e. The van der Waals surface area contributed by atoms with Gasteiger partial charge in [0.25, 0.3) is 0 Å². The summed E-state index contributed by atoms with van der Waals surface area (Å²) in [5.74, 6) is 0. The summed E-state index contributed by atoms with van der Waals surface area (Å²) < 4.78 is 26.4. The van der Waals surface area contributed by atoms with Crippen LogP contribution in [0.15, 0.2) is 0 Å². The Balaban J connectivity index is -0.000000168. The molecule has 0 aromatic carbocycles. The molecular formula is C18H32Ac11O16. The topological polar surface area (TPSA) is 269 Å². The van der Waals surface area contributed by atoms with Gasteiger partial charge in [0.05, 0.1) is 19.8 Å². The minimum absolute atomic E-state index is 0. The summed E-state index contributed by atoms with van der Waals surface area (Å²) >= 11 is 0. The van der Waals surface area contributed by atoms with E-state index in [4.69, 9.17) is 23.7 Å². The molecule has 3 heterocycles. The fraction of sp³-hybridized carbons (Fsp3) is 1.00. The van der Waals surface area contributed by atoms with Gasteiger partial charge in [-0.3, -0.25) is 0 Å². The van der Waals surface area contributed by atoms with Crippen molar-refractivity contribution in [3.8, 4) is 0 Å². The van der Waals surface area contributed by atoms with E-state index in [0.717, 1.165) is 0 Å². The van der Waals surface area contributed by atoms with Crippen molar-refractivity contribution in [3.63, 3.8) is 0 Å². The molecule has 11 N–H and O–H groups in total. The van der Waals surface area contributed by atoms with Gasteiger partial charge in [-0.25, -0.2) is 0 Å². The minimum atomic E-state index is -1.91. The van der Waals surface area contributed by atoms with Crippen molar-refractivity contribution < 1.29 is 565 Å². The van der Waals surface area contributed by atoms with Gasteiger partial charge in [0.2, 0.25) is 0 Å². The van der Waals surface area contributed by atoms with Gasteiger partial charge in [0, 0.05) is 485 Å². The van der Waals surface area contributed by atoms with E-state index in [1.807, 2.05) is 0 Å². The quantitative estimate of drug-likeness (QED) is 0.113. The molecule has 3 saturated heterocycles. The fourth-order valence-corrected chi connectivity index (χ4v) is 4.06. The number of aliphatic hydroxyl groups excluding tert-OH is 11. The van der Waals surface area contributed by atoms with Crippen molar-refractivity contribution >= 4 is 0 Å². The summed E-state index contributed by atoms with van der Waals surface area (Å²) in [4.78, 5) is 0. The monoisotopic (exact) mass is 3000 g/mol. The Morgan fingerprint density at radius 1 is 0.356 bits per heavy atom. The average molecular weight is 3000 g/mol. The molecule has 45 heavy (non-hydrogen) atoms. The van der Waals surface area contributed by atoms with Gasteiger partial charge in [-0.2, -0.15) is 0 Å². The zero-order chi connectivity index (χ0) is 25.3. The first-order valence-corrected chi connectivity index (χ1v) is 10.6. The Morgan fingerprint density at radius 2 is 0.667 bits per heavy atom. The van der Waals surface area contributed by atoms with E-state index in [1.54, 1.807) is 0 Å². The molecule has 0 spiro atoms. The minimum Gasteiger partial charge on any atom is -0.394 e. The van der Waals surface area contributed by atoms with Crippen LogP contribution in [0.4, 0.5) is 0 Å². The summed E-state index contributed by atoms with van der Waals surface area (Å²) in [5, 5.41) is 109.